The van der Waals surface area contributed by atoms with E-state index >= 15 is 0 Å². The third kappa shape index (κ3) is 5.58. The zero-order valence-electron chi connectivity index (χ0n) is 17.9. The van der Waals surface area contributed by atoms with Crippen molar-refractivity contribution in [2.24, 2.45) is 0 Å². The van der Waals surface area contributed by atoms with E-state index in [1.54, 1.807) is 18.2 Å². The Hall–Kier alpha value is -2.55. The van der Waals surface area contributed by atoms with Crippen LogP contribution >= 0.6 is 23.8 Å². The van der Waals surface area contributed by atoms with Crippen LogP contribution < -0.4 is 25.0 Å². The zero-order chi connectivity index (χ0) is 22.4. The van der Waals surface area contributed by atoms with Gasteiger partial charge in [-0.05, 0) is 49.1 Å². The monoisotopic (exact) mass is 462 g/mol. The van der Waals surface area contributed by atoms with Crippen LogP contribution in [0.15, 0.2) is 36.4 Å². The number of hydrogen-bond acceptors (Lipinski definition) is 6. The molecule has 0 spiro atoms. The molecule has 166 valence electrons. The number of nitrogens with one attached hydrogen (secondary N) is 2. The number of piperazine rings is 1. The normalized spacial score (nSPS) is 14.1. The molecule has 2 aromatic carbocycles. The summed E-state index contributed by atoms with van der Waals surface area (Å²) in [7, 11) is 2.99. The van der Waals surface area contributed by atoms with Crippen LogP contribution in [0, 0.1) is 0 Å². The molecule has 0 unspecified atom stereocenters. The molecule has 0 aromatic heterocycles. The van der Waals surface area contributed by atoms with Crippen molar-refractivity contribution in [3.63, 3.8) is 0 Å². The summed E-state index contributed by atoms with van der Waals surface area (Å²) in [6.45, 7) is 7.17. The van der Waals surface area contributed by atoms with E-state index in [-0.39, 0.29) is 10.7 Å². The van der Waals surface area contributed by atoms with Crippen LogP contribution in [0.3, 0.4) is 0 Å². The first-order chi connectivity index (χ1) is 15.0. The Bertz CT molecular complexity index is 926. The van der Waals surface area contributed by atoms with E-state index in [1.165, 1.54) is 14.2 Å². The molecule has 31 heavy (non-hydrogen) atoms. The molecule has 9 heteroatoms. The predicted octanol–water partition coefficient (Wildman–Crippen LogP) is 3.63. The summed E-state index contributed by atoms with van der Waals surface area (Å²) in [5.41, 5.74) is 1.96. The fourth-order valence-electron chi connectivity index (χ4n) is 3.55. The number of anilines is 2. The summed E-state index contributed by atoms with van der Waals surface area (Å²) >= 11 is 11.9. The minimum absolute atomic E-state index is 0.151. The summed E-state index contributed by atoms with van der Waals surface area (Å²) in [4.78, 5) is 17.4. The van der Waals surface area contributed by atoms with Crippen LogP contribution in [0.4, 0.5) is 11.4 Å². The number of methoxy groups -OCH3 is 2. The van der Waals surface area contributed by atoms with Crippen molar-refractivity contribution in [2.45, 2.75) is 6.92 Å². The Kier molecular flexibility index (Phi) is 7.95. The van der Waals surface area contributed by atoms with E-state index in [4.69, 9.17) is 33.3 Å². The van der Waals surface area contributed by atoms with Crippen LogP contribution in [0.2, 0.25) is 5.02 Å². The maximum atomic E-state index is 12.7. The van der Waals surface area contributed by atoms with Gasteiger partial charge in [-0.2, -0.15) is 0 Å². The third-order valence-corrected chi connectivity index (χ3v) is 5.75. The van der Waals surface area contributed by atoms with Gasteiger partial charge in [-0.25, -0.2) is 0 Å². The van der Waals surface area contributed by atoms with Crippen molar-refractivity contribution in [3.8, 4) is 11.5 Å². The summed E-state index contributed by atoms with van der Waals surface area (Å²) in [5, 5.41) is 6.46. The lowest BCUT2D eigenvalue weighted by Crippen LogP contribution is -2.46. The molecule has 1 saturated heterocycles. The Morgan fingerprint density at radius 3 is 2.29 bits per heavy atom. The molecule has 2 N–H and O–H groups in total. The number of hydrogen-bond donors (Lipinski definition) is 2. The molecule has 0 saturated carbocycles. The highest BCUT2D eigenvalue weighted by atomic mass is 35.5. The van der Waals surface area contributed by atoms with Gasteiger partial charge in [0, 0.05) is 31.9 Å². The van der Waals surface area contributed by atoms with Crippen molar-refractivity contribution < 1.29 is 14.3 Å². The lowest BCUT2D eigenvalue weighted by atomic mass is 10.1. The first kappa shape index (κ1) is 23.1. The molecule has 1 aliphatic heterocycles. The molecule has 0 bridgehead atoms. The van der Waals surface area contributed by atoms with E-state index < -0.39 is 5.91 Å². The van der Waals surface area contributed by atoms with Crippen LogP contribution in [-0.2, 0) is 0 Å². The Morgan fingerprint density at radius 2 is 1.74 bits per heavy atom. The maximum absolute atomic E-state index is 12.7. The van der Waals surface area contributed by atoms with E-state index in [1.807, 2.05) is 18.2 Å². The molecule has 1 fully saturated rings. The van der Waals surface area contributed by atoms with Gasteiger partial charge in [0.25, 0.3) is 5.91 Å². The number of likely N-dealkylation sites (N-methyl/N-ethyl adjacent to an activating group) is 1. The van der Waals surface area contributed by atoms with Gasteiger partial charge in [0.15, 0.2) is 5.11 Å². The number of carbonyl (C=O) groups is 1. The smallest absolute Gasteiger partial charge is 0.264 e. The van der Waals surface area contributed by atoms with E-state index in [0.29, 0.717) is 22.2 Å². The predicted molar refractivity (Wildman–Crippen MR) is 129 cm³/mol. The quantitative estimate of drug-likeness (QED) is 0.635. The third-order valence-electron chi connectivity index (χ3n) is 5.25. The minimum atomic E-state index is -0.427. The number of amides is 1. The van der Waals surface area contributed by atoms with Crippen LogP contribution in [0.5, 0.6) is 11.5 Å². The summed E-state index contributed by atoms with van der Waals surface area (Å²) < 4.78 is 10.6. The molecule has 2 aromatic rings. The SMILES string of the molecule is CCN1CCN(c2ccc(NC(=S)NC(=O)c3c(OC)cccc3OC)cc2Cl)CC1. The van der Waals surface area contributed by atoms with Gasteiger partial charge in [0.1, 0.15) is 17.1 Å². The average Bonchev–Trinajstić information content (AvgIpc) is 2.78. The largest absolute Gasteiger partial charge is 0.496 e. The van der Waals surface area contributed by atoms with Crippen LogP contribution in [-0.4, -0.2) is 62.9 Å². The van der Waals surface area contributed by atoms with Gasteiger partial charge in [-0.15, -0.1) is 0 Å². The van der Waals surface area contributed by atoms with Crippen LogP contribution in [0.25, 0.3) is 0 Å². The highest BCUT2D eigenvalue weighted by Gasteiger charge is 2.20. The van der Waals surface area contributed by atoms with Crippen molar-refractivity contribution in [1.82, 2.24) is 10.2 Å². The molecule has 7 nitrogen and oxygen atoms in total. The molecule has 1 amide bonds. The van der Waals surface area contributed by atoms with E-state index in [2.05, 4.69) is 27.4 Å². The first-order valence-corrected chi connectivity index (χ1v) is 10.9. The average molecular weight is 463 g/mol. The van der Waals surface area contributed by atoms with Crippen molar-refractivity contribution in [1.29, 1.82) is 0 Å². The first-order valence-electron chi connectivity index (χ1n) is 10.1. The molecular weight excluding hydrogens is 436 g/mol. The maximum Gasteiger partial charge on any atom is 0.264 e. The number of ether oxygens (including phenoxy) is 2. The van der Waals surface area contributed by atoms with Gasteiger partial charge < -0.3 is 24.6 Å². The Balaban J connectivity index is 1.65. The summed E-state index contributed by atoms with van der Waals surface area (Å²) in [6, 6.07) is 10.8. The molecule has 0 aliphatic carbocycles. The van der Waals surface area contributed by atoms with Crippen molar-refractivity contribution >= 4 is 46.2 Å². The molecule has 0 radical (unpaired) electrons. The Labute approximate surface area is 193 Å². The fraction of sp³-hybridized carbons (Fsp3) is 0.364. The van der Waals surface area contributed by atoms with Gasteiger partial charge in [-0.1, -0.05) is 24.6 Å². The number of benzene rings is 2. The number of rotatable bonds is 6. The summed E-state index contributed by atoms with van der Waals surface area (Å²) in [5.74, 6) is 0.369. The van der Waals surface area contributed by atoms with E-state index in [9.17, 15) is 4.79 Å². The molecular formula is C22H27ClN4O3S. The van der Waals surface area contributed by atoms with Gasteiger partial charge in [0.2, 0.25) is 0 Å². The molecule has 1 aliphatic rings. The second-order valence-electron chi connectivity index (χ2n) is 7.03. The second-order valence-corrected chi connectivity index (χ2v) is 7.85. The lowest BCUT2D eigenvalue weighted by molar-refractivity contribution is 0.0971. The van der Waals surface area contributed by atoms with E-state index in [0.717, 1.165) is 38.4 Å². The number of halogens is 1. The highest BCUT2D eigenvalue weighted by Crippen LogP contribution is 2.30. The van der Waals surface area contributed by atoms with Gasteiger partial charge >= 0.3 is 0 Å². The highest BCUT2D eigenvalue weighted by molar-refractivity contribution is 7.80. The number of carbonyl (C=O) groups excluding carboxylic acids is 1. The minimum Gasteiger partial charge on any atom is -0.496 e. The zero-order valence-corrected chi connectivity index (χ0v) is 19.5. The number of nitrogens with zero attached hydrogens (tertiary/aromatic N) is 2. The Morgan fingerprint density at radius 1 is 1.10 bits per heavy atom. The van der Waals surface area contributed by atoms with Crippen molar-refractivity contribution in [3.05, 3.63) is 47.0 Å². The van der Waals surface area contributed by atoms with Crippen LogP contribution in [0.1, 0.15) is 17.3 Å². The fourth-order valence-corrected chi connectivity index (χ4v) is 4.06. The molecule has 0 atom stereocenters. The molecule has 3 rings (SSSR count). The van der Waals surface area contributed by atoms with Gasteiger partial charge in [-0.3, -0.25) is 10.1 Å². The lowest BCUT2D eigenvalue weighted by Gasteiger charge is -2.36. The summed E-state index contributed by atoms with van der Waals surface area (Å²) in [6.07, 6.45) is 0. The topological polar surface area (TPSA) is 66.1 Å². The van der Waals surface area contributed by atoms with Gasteiger partial charge in [0.05, 0.1) is 24.9 Å². The second kappa shape index (κ2) is 10.7. The number of thiocarbonyl (C=S) groups is 1. The standard InChI is InChI=1S/C22H27ClN4O3S/c1-4-26-10-12-27(13-11-26)17-9-8-15(14-16(17)23)24-22(31)25-21(28)20-18(29-2)6-5-7-19(20)30-3/h5-9,14H,4,10-13H2,1-3H3,(H2,24,25,28,31). The molecule has 1 heterocycles. The van der Waals surface area contributed by atoms with Crippen molar-refractivity contribution in [2.75, 3.05) is 57.2 Å².